The van der Waals surface area contributed by atoms with Crippen molar-refractivity contribution in [3.63, 3.8) is 0 Å². The van der Waals surface area contributed by atoms with E-state index < -0.39 is 16.5 Å². The molecule has 2 N–H and O–H groups in total. The summed E-state index contributed by atoms with van der Waals surface area (Å²) in [6.07, 6.45) is 0. The zero-order chi connectivity index (χ0) is 16.1. The molecular formula is C16H42N2Si2. The van der Waals surface area contributed by atoms with Gasteiger partial charge < -0.3 is 9.96 Å². The standard InChI is InChI=1S/2C8H21NSi/c2*1-5-9-10(6-2,7-3)8-4/h2*9H,5-8H2,1-4H3. The molecular weight excluding hydrogens is 276 g/mol. The summed E-state index contributed by atoms with van der Waals surface area (Å²) in [5, 5.41) is 0. The molecule has 0 spiro atoms. The van der Waals surface area contributed by atoms with Crippen molar-refractivity contribution in [2.24, 2.45) is 0 Å². The lowest BCUT2D eigenvalue weighted by Gasteiger charge is -2.28. The summed E-state index contributed by atoms with van der Waals surface area (Å²) in [6.45, 7) is 20.7. The number of hydrogen-bond donors (Lipinski definition) is 2. The third kappa shape index (κ3) is 7.96. The van der Waals surface area contributed by atoms with Gasteiger partial charge in [0.15, 0.2) is 0 Å². The zero-order valence-electron chi connectivity index (χ0n) is 15.7. The van der Waals surface area contributed by atoms with Crippen LogP contribution in [-0.4, -0.2) is 29.6 Å². The zero-order valence-corrected chi connectivity index (χ0v) is 17.7. The number of nitrogens with one attached hydrogen (secondary N) is 2. The fourth-order valence-electron chi connectivity index (χ4n) is 3.00. The first kappa shape index (κ1) is 22.6. The first-order valence-electron chi connectivity index (χ1n) is 8.99. The van der Waals surface area contributed by atoms with E-state index >= 15 is 0 Å². The number of rotatable bonds is 10. The van der Waals surface area contributed by atoms with Crippen molar-refractivity contribution in [3.8, 4) is 0 Å². The van der Waals surface area contributed by atoms with E-state index in [1.807, 2.05) is 0 Å². The molecule has 0 saturated heterocycles. The van der Waals surface area contributed by atoms with E-state index in [0.29, 0.717) is 0 Å². The van der Waals surface area contributed by atoms with Crippen molar-refractivity contribution in [2.75, 3.05) is 13.1 Å². The summed E-state index contributed by atoms with van der Waals surface area (Å²) in [5.74, 6) is 0. The van der Waals surface area contributed by atoms with Crippen LogP contribution in [0.2, 0.25) is 36.3 Å². The molecule has 0 bridgehead atoms. The van der Waals surface area contributed by atoms with Crippen molar-refractivity contribution in [1.29, 1.82) is 0 Å². The van der Waals surface area contributed by atoms with Crippen LogP contribution >= 0.6 is 0 Å². The summed E-state index contributed by atoms with van der Waals surface area (Å²) in [6, 6.07) is 8.30. The smallest absolute Gasteiger partial charge is 0.124 e. The van der Waals surface area contributed by atoms with Gasteiger partial charge in [-0.2, -0.15) is 0 Å². The van der Waals surface area contributed by atoms with Crippen LogP contribution in [0.3, 0.4) is 0 Å². The van der Waals surface area contributed by atoms with E-state index in [1.165, 1.54) is 36.3 Å². The molecule has 0 amide bonds. The summed E-state index contributed by atoms with van der Waals surface area (Å²) in [7, 11) is -1.93. The van der Waals surface area contributed by atoms with Gasteiger partial charge in [0.05, 0.1) is 0 Å². The lowest BCUT2D eigenvalue weighted by molar-refractivity contribution is 0.909. The van der Waals surface area contributed by atoms with E-state index in [2.05, 4.69) is 65.4 Å². The fraction of sp³-hybridized carbons (Fsp3) is 1.00. The highest BCUT2D eigenvalue weighted by molar-refractivity contribution is 6.77. The number of hydrogen-bond acceptors (Lipinski definition) is 2. The van der Waals surface area contributed by atoms with E-state index in [1.54, 1.807) is 0 Å². The lowest BCUT2D eigenvalue weighted by atomic mass is 10.8. The first-order valence-corrected chi connectivity index (χ1v) is 14.2. The molecule has 0 aliphatic heterocycles. The predicted molar refractivity (Wildman–Crippen MR) is 102 cm³/mol. The summed E-state index contributed by atoms with van der Waals surface area (Å²) in [4.78, 5) is 7.37. The second kappa shape index (κ2) is 13.0. The van der Waals surface area contributed by atoms with Crippen LogP contribution < -0.4 is 9.96 Å². The van der Waals surface area contributed by atoms with E-state index in [9.17, 15) is 0 Å². The van der Waals surface area contributed by atoms with Gasteiger partial charge in [-0.05, 0) is 49.4 Å². The fourth-order valence-corrected chi connectivity index (χ4v) is 9.00. The second-order valence-corrected chi connectivity index (χ2v) is 15.8. The van der Waals surface area contributed by atoms with Gasteiger partial charge in [-0.1, -0.05) is 55.4 Å². The summed E-state index contributed by atoms with van der Waals surface area (Å²) < 4.78 is 0. The molecule has 2 nitrogen and oxygen atoms in total. The predicted octanol–water partition coefficient (Wildman–Crippen LogP) is 5.20. The van der Waals surface area contributed by atoms with Gasteiger partial charge >= 0.3 is 0 Å². The highest BCUT2D eigenvalue weighted by Crippen LogP contribution is 2.16. The van der Waals surface area contributed by atoms with Crippen molar-refractivity contribution in [1.82, 2.24) is 9.96 Å². The lowest BCUT2D eigenvalue weighted by Crippen LogP contribution is -2.48. The highest BCUT2D eigenvalue weighted by atomic mass is 28.3. The highest BCUT2D eigenvalue weighted by Gasteiger charge is 2.25. The maximum Gasteiger partial charge on any atom is 0.124 e. The molecule has 0 aromatic carbocycles. The topological polar surface area (TPSA) is 24.1 Å². The van der Waals surface area contributed by atoms with E-state index in [4.69, 9.17) is 0 Å². The Morgan fingerprint density at radius 3 is 0.700 bits per heavy atom. The maximum atomic E-state index is 3.68. The first-order chi connectivity index (χ1) is 9.49. The summed E-state index contributed by atoms with van der Waals surface area (Å²) >= 11 is 0. The van der Waals surface area contributed by atoms with Crippen LogP contribution in [-0.2, 0) is 0 Å². The van der Waals surface area contributed by atoms with Crippen LogP contribution in [0, 0.1) is 0 Å². The molecule has 0 saturated carbocycles. The maximum absolute atomic E-state index is 3.68. The SMILES string of the molecule is CCN[Si](CC)(CC)CC.CCN[Si](CC)(CC)CC. The van der Waals surface area contributed by atoms with Crippen LogP contribution in [0.25, 0.3) is 0 Å². The molecule has 0 rings (SSSR count). The average Bonchev–Trinajstić information content (AvgIpc) is 2.51. The largest absolute Gasteiger partial charge is 0.337 e. The van der Waals surface area contributed by atoms with Gasteiger partial charge in [0, 0.05) is 0 Å². The van der Waals surface area contributed by atoms with Crippen molar-refractivity contribution in [2.45, 2.75) is 91.7 Å². The molecule has 0 radical (unpaired) electrons. The van der Waals surface area contributed by atoms with E-state index in [-0.39, 0.29) is 0 Å². The monoisotopic (exact) mass is 318 g/mol. The molecule has 0 aliphatic carbocycles. The van der Waals surface area contributed by atoms with Gasteiger partial charge in [-0.25, -0.2) is 0 Å². The molecule has 0 unspecified atom stereocenters. The molecule has 20 heavy (non-hydrogen) atoms. The summed E-state index contributed by atoms with van der Waals surface area (Å²) in [5.41, 5.74) is 0. The van der Waals surface area contributed by atoms with Gasteiger partial charge in [0.2, 0.25) is 0 Å². The minimum atomic E-state index is -0.967. The van der Waals surface area contributed by atoms with Crippen LogP contribution in [0.15, 0.2) is 0 Å². The van der Waals surface area contributed by atoms with Crippen LogP contribution in [0.4, 0.5) is 0 Å². The van der Waals surface area contributed by atoms with Crippen LogP contribution in [0.1, 0.15) is 55.4 Å². The molecule has 0 aliphatic rings. The molecule has 124 valence electrons. The molecule has 0 aromatic heterocycles. The third-order valence-electron chi connectivity index (χ3n) is 5.16. The van der Waals surface area contributed by atoms with Gasteiger partial charge in [-0.3, -0.25) is 0 Å². The molecule has 0 heterocycles. The Kier molecular flexibility index (Phi) is 14.8. The van der Waals surface area contributed by atoms with Gasteiger partial charge in [0.1, 0.15) is 16.5 Å². The van der Waals surface area contributed by atoms with Crippen molar-refractivity contribution in [3.05, 3.63) is 0 Å². The minimum absolute atomic E-state index is 0.967. The minimum Gasteiger partial charge on any atom is -0.337 e. The van der Waals surface area contributed by atoms with Crippen LogP contribution in [0.5, 0.6) is 0 Å². The van der Waals surface area contributed by atoms with Crippen molar-refractivity contribution >= 4 is 16.5 Å². The Balaban J connectivity index is 0. The molecule has 0 aromatic rings. The third-order valence-corrected chi connectivity index (χ3v) is 15.5. The van der Waals surface area contributed by atoms with Crippen molar-refractivity contribution < 1.29 is 0 Å². The van der Waals surface area contributed by atoms with Gasteiger partial charge in [-0.15, -0.1) is 0 Å². The second-order valence-electron chi connectivity index (χ2n) is 5.74. The Morgan fingerprint density at radius 2 is 0.650 bits per heavy atom. The quantitative estimate of drug-likeness (QED) is 0.541. The Bertz CT molecular complexity index is 164. The Morgan fingerprint density at radius 1 is 0.450 bits per heavy atom. The van der Waals surface area contributed by atoms with Gasteiger partial charge in [0.25, 0.3) is 0 Å². The Hall–Kier alpha value is 0.354. The molecule has 4 heteroatoms. The molecule has 0 fully saturated rings. The van der Waals surface area contributed by atoms with E-state index in [0.717, 1.165) is 13.1 Å². The average molecular weight is 319 g/mol. The normalized spacial score (nSPS) is 12.0. The molecule has 0 atom stereocenters. The Labute approximate surface area is 131 Å².